The molecule has 0 amide bonds. The van der Waals surface area contributed by atoms with Gasteiger partial charge in [0, 0.05) is 5.56 Å². The summed E-state index contributed by atoms with van der Waals surface area (Å²) in [4.78, 5) is 0. The summed E-state index contributed by atoms with van der Waals surface area (Å²) in [5.74, 6) is 1.16. The van der Waals surface area contributed by atoms with Crippen molar-refractivity contribution in [1.29, 1.82) is 0 Å². The zero-order valence-electron chi connectivity index (χ0n) is 12.7. The van der Waals surface area contributed by atoms with Crippen molar-refractivity contribution >= 4 is 10.8 Å². The van der Waals surface area contributed by atoms with Crippen molar-refractivity contribution in [2.45, 2.75) is 44.6 Å². The molecule has 0 saturated heterocycles. The molecule has 2 aromatic carbocycles. The number of rotatable bonds is 3. The molecule has 1 aliphatic carbocycles. The second-order valence-corrected chi connectivity index (χ2v) is 6.10. The van der Waals surface area contributed by atoms with E-state index in [2.05, 4.69) is 18.2 Å². The molecule has 2 nitrogen and oxygen atoms in total. The molecule has 0 aliphatic heterocycles. The Hall–Kier alpha value is -1.54. The third-order valence-corrected chi connectivity index (χ3v) is 4.79. The molecular weight excluding hydrogens is 260 g/mol. The van der Waals surface area contributed by atoms with E-state index >= 15 is 0 Å². The Bertz CT molecular complexity index is 598. The van der Waals surface area contributed by atoms with Crippen LogP contribution in [0.2, 0.25) is 0 Å². The van der Waals surface area contributed by atoms with Gasteiger partial charge in [0.05, 0.1) is 13.2 Å². The minimum absolute atomic E-state index is 0.354. The highest BCUT2D eigenvalue weighted by atomic mass is 16.5. The van der Waals surface area contributed by atoms with Crippen molar-refractivity contribution in [3.63, 3.8) is 0 Å². The maximum absolute atomic E-state index is 11.0. The molecule has 0 radical (unpaired) electrons. The Kier molecular flexibility index (Phi) is 4.45. The third-order valence-electron chi connectivity index (χ3n) is 4.79. The summed E-state index contributed by atoms with van der Waals surface area (Å²) in [5, 5.41) is 13.3. The van der Waals surface area contributed by atoms with Crippen LogP contribution in [-0.4, -0.2) is 12.2 Å². The molecule has 1 aliphatic rings. The summed E-state index contributed by atoms with van der Waals surface area (Å²) < 4.78 is 5.54. The van der Waals surface area contributed by atoms with Gasteiger partial charge >= 0.3 is 0 Å². The van der Waals surface area contributed by atoms with E-state index in [-0.39, 0.29) is 0 Å². The zero-order chi connectivity index (χ0) is 14.7. The zero-order valence-corrected chi connectivity index (χ0v) is 12.7. The highest BCUT2D eigenvalue weighted by Gasteiger charge is 2.26. The Morgan fingerprint density at radius 1 is 1.00 bits per heavy atom. The molecule has 1 atom stereocenters. The first-order valence-electron chi connectivity index (χ1n) is 8.05. The summed E-state index contributed by atoms with van der Waals surface area (Å²) in [7, 11) is 1.69. The van der Waals surface area contributed by atoms with Crippen molar-refractivity contribution in [1.82, 2.24) is 0 Å². The molecule has 2 aromatic rings. The Labute approximate surface area is 126 Å². The van der Waals surface area contributed by atoms with E-state index in [1.54, 1.807) is 7.11 Å². The second kappa shape index (κ2) is 6.48. The summed E-state index contributed by atoms with van der Waals surface area (Å²) in [5.41, 5.74) is 0.975. The van der Waals surface area contributed by atoms with Crippen molar-refractivity contribution in [3.05, 3.63) is 42.0 Å². The average molecular weight is 284 g/mol. The lowest BCUT2D eigenvalue weighted by atomic mass is 9.86. The highest BCUT2D eigenvalue weighted by Crippen LogP contribution is 2.40. The van der Waals surface area contributed by atoms with Gasteiger partial charge in [-0.15, -0.1) is 0 Å². The van der Waals surface area contributed by atoms with Gasteiger partial charge in [0.25, 0.3) is 0 Å². The molecule has 0 bridgehead atoms. The Morgan fingerprint density at radius 2 is 1.71 bits per heavy atom. The fourth-order valence-corrected chi connectivity index (χ4v) is 3.62. The normalized spacial score (nSPS) is 18.4. The predicted octanol–water partition coefficient (Wildman–Crippen LogP) is 4.85. The van der Waals surface area contributed by atoms with E-state index in [0.717, 1.165) is 29.5 Å². The summed E-state index contributed by atoms with van der Waals surface area (Å²) in [6.45, 7) is 0. The van der Waals surface area contributed by atoms with Crippen LogP contribution in [0.25, 0.3) is 10.8 Å². The number of fused-ring (bicyclic) bond motifs is 1. The maximum Gasteiger partial charge on any atom is 0.125 e. The van der Waals surface area contributed by atoms with Crippen LogP contribution >= 0.6 is 0 Å². The molecule has 1 N–H and O–H groups in total. The molecule has 0 aromatic heterocycles. The molecular formula is C19H24O2. The fraction of sp³-hybridized carbons (Fsp3) is 0.474. The molecule has 0 heterocycles. The van der Waals surface area contributed by atoms with E-state index in [1.807, 2.05) is 18.2 Å². The van der Waals surface area contributed by atoms with Crippen LogP contribution in [0, 0.1) is 5.92 Å². The molecule has 1 saturated carbocycles. The number of benzene rings is 2. The molecule has 3 rings (SSSR count). The first-order chi connectivity index (χ1) is 10.3. The van der Waals surface area contributed by atoms with Gasteiger partial charge in [0.2, 0.25) is 0 Å². The third kappa shape index (κ3) is 2.91. The summed E-state index contributed by atoms with van der Waals surface area (Å²) in [6.07, 6.45) is 6.88. The summed E-state index contributed by atoms with van der Waals surface area (Å²) in [6, 6.07) is 12.3. The smallest absolute Gasteiger partial charge is 0.125 e. The van der Waals surface area contributed by atoms with Crippen LogP contribution in [0.5, 0.6) is 5.75 Å². The first-order valence-corrected chi connectivity index (χ1v) is 8.05. The van der Waals surface area contributed by atoms with Crippen LogP contribution in [0.15, 0.2) is 36.4 Å². The van der Waals surface area contributed by atoms with E-state index in [1.165, 1.54) is 31.1 Å². The molecule has 0 spiro atoms. The van der Waals surface area contributed by atoms with E-state index in [9.17, 15) is 5.11 Å². The SMILES string of the molecule is COc1ccc2ccccc2c1C(O)C1CCCCCC1. The van der Waals surface area contributed by atoms with Gasteiger partial charge < -0.3 is 9.84 Å². The molecule has 1 unspecified atom stereocenters. The lowest BCUT2D eigenvalue weighted by molar-refractivity contribution is 0.0975. The monoisotopic (exact) mass is 284 g/mol. The van der Waals surface area contributed by atoms with Crippen LogP contribution in [-0.2, 0) is 0 Å². The van der Waals surface area contributed by atoms with Gasteiger partial charge in [-0.1, -0.05) is 56.0 Å². The molecule has 2 heteroatoms. The molecule has 21 heavy (non-hydrogen) atoms. The number of aliphatic hydroxyl groups excluding tert-OH is 1. The molecule has 1 fully saturated rings. The van der Waals surface area contributed by atoms with Gasteiger partial charge in [-0.05, 0) is 35.6 Å². The average Bonchev–Trinajstić information content (AvgIpc) is 2.82. The van der Waals surface area contributed by atoms with E-state index in [4.69, 9.17) is 4.74 Å². The Balaban J connectivity index is 2.04. The van der Waals surface area contributed by atoms with Crippen LogP contribution in [0.4, 0.5) is 0 Å². The van der Waals surface area contributed by atoms with Crippen molar-refractivity contribution < 1.29 is 9.84 Å². The van der Waals surface area contributed by atoms with Gasteiger partial charge in [-0.2, -0.15) is 0 Å². The van der Waals surface area contributed by atoms with Gasteiger partial charge in [0.15, 0.2) is 0 Å². The number of hydrogen-bond donors (Lipinski definition) is 1. The van der Waals surface area contributed by atoms with Crippen LogP contribution in [0.1, 0.15) is 50.2 Å². The van der Waals surface area contributed by atoms with Crippen molar-refractivity contribution in [2.75, 3.05) is 7.11 Å². The number of methoxy groups -OCH3 is 1. The largest absolute Gasteiger partial charge is 0.496 e. The quantitative estimate of drug-likeness (QED) is 0.816. The highest BCUT2D eigenvalue weighted by molar-refractivity contribution is 5.88. The van der Waals surface area contributed by atoms with Gasteiger partial charge in [0.1, 0.15) is 5.75 Å². The van der Waals surface area contributed by atoms with Crippen LogP contribution < -0.4 is 4.74 Å². The lowest BCUT2D eigenvalue weighted by Gasteiger charge is -2.24. The Morgan fingerprint density at radius 3 is 2.43 bits per heavy atom. The predicted molar refractivity (Wildman–Crippen MR) is 86.7 cm³/mol. The van der Waals surface area contributed by atoms with Gasteiger partial charge in [-0.25, -0.2) is 0 Å². The van der Waals surface area contributed by atoms with Crippen LogP contribution in [0.3, 0.4) is 0 Å². The van der Waals surface area contributed by atoms with Crippen molar-refractivity contribution in [2.24, 2.45) is 5.92 Å². The topological polar surface area (TPSA) is 29.5 Å². The van der Waals surface area contributed by atoms with E-state index in [0.29, 0.717) is 5.92 Å². The minimum atomic E-state index is -0.427. The maximum atomic E-state index is 11.0. The number of aliphatic hydroxyl groups is 1. The number of hydrogen-bond acceptors (Lipinski definition) is 2. The standard InChI is InChI=1S/C19H24O2/c1-21-17-13-12-14-8-6-7-11-16(14)18(17)19(20)15-9-4-2-3-5-10-15/h6-8,11-13,15,19-20H,2-5,9-10H2,1H3. The number of ether oxygens (including phenoxy) is 1. The van der Waals surface area contributed by atoms with Gasteiger partial charge in [-0.3, -0.25) is 0 Å². The second-order valence-electron chi connectivity index (χ2n) is 6.10. The molecule has 112 valence electrons. The van der Waals surface area contributed by atoms with E-state index < -0.39 is 6.10 Å². The lowest BCUT2D eigenvalue weighted by Crippen LogP contribution is -2.13. The first kappa shape index (κ1) is 14.4. The van der Waals surface area contributed by atoms with Crippen molar-refractivity contribution in [3.8, 4) is 5.75 Å². The fourth-order valence-electron chi connectivity index (χ4n) is 3.62. The summed E-state index contributed by atoms with van der Waals surface area (Å²) >= 11 is 0. The minimum Gasteiger partial charge on any atom is -0.496 e.